The van der Waals surface area contributed by atoms with Crippen LogP contribution in [0.25, 0.3) is 0 Å². The van der Waals surface area contributed by atoms with Crippen LogP contribution in [0.15, 0.2) is 29.8 Å². The average Bonchev–Trinajstić information content (AvgIpc) is 2.44. The smallest absolute Gasteiger partial charge is 0.161 e. The third-order valence-corrected chi connectivity index (χ3v) is 2.64. The van der Waals surface area contributed by atoms with Crippen LogP contribution in [0.4, 0.5) is 0 Å². The second-order valence-corrected chi connectivity index (χ2v) is 4.08. The molecule has 1 aromatic carbocycles. The van der Waals surface area contributed by atoms with Crippen LogP contribution < -0.4 is 14.8 Å². The molecule has 106 valence electrons. The molecule has 4 nitrogen and oxygen atoms in total. The van der Waals surface area contributed by atoms with E-state index < -0.39 is 0 Å². The molecular formula is C14H20ClNO3. The van der Waals surface area contributed by atoms with Crippen molar-refractivity contribution in [2.45, 2.75) is 6.54 Å². The van der Waals surface area contributed by atoms with Gasteiger partial charge in [0.25, 0.3) is 0 Å². The van der Waals surface area contributed by atoms with Gasteiger partial charge in [0, 0.05) is 25.7 Å². The molecule has 0 aromatic heterocycles. The highest BCUT2D eigenvalue weighted by atomic mass is 35.5. The van der Waals surface area contributed by atoms with E-state index in [1.807, 2.05) is 18.2 Å². The lowest BCUT2D eigenvalue weighted by molar-refractivity contribution is 0.199. The molecule has 0 heterocycles. The van der Waals surface area contributed by atoms with Gasteiger partial charge in [-0.05, 0) is 23.8 Å². The van der Waals surface area contributed by atoms with Crippen molar-refractivity contribution < 1.29 is 14.2 Å². The zero-order valence-corrected chi connectivity index (χ0v) is 12.1. The third-order valence-electron chi connectivity index (χ3n) is 2.46. The fourth-order valence-electron chi connectivity index (χ4n) is 1.53. The molecule has 1 aromatic rings. The topological polar surface area (TPSA) is 39.7 Å². The quantitative estimate of drug-likeness (QED) is 0.708. The zero-order chi connectivity index (χ0) is 13.9. The Morgan fingerprint density at radius 2 is 2.11 bits per heavy atom. The molecule has 0 fully saturated rings. The largest absolute Gasteiger partial charge is 0.493 e. The highest BCUT2D eigenvalue weighted by molar-refractivity contribution is 6.25. The van der Waals surface area contributed by atoms with E-state index in [2.05, 4.69) is 5.32 Å². The molecule has 0 aliphatic carbocycles. The Hall–Kier alpha value is -1.23. The lowest BCUT2D eigenvalue weighted by Gasteiger charge is -2.11. The monoisotopic (exact) mass is 285 g/mol. The second-order valence-electron chi connectivity index (χ2n) is 3.83. The van der Waals surface area contributed by atoms with Crippen LogP contribution in [0.3, 0.4) is 0 Å². The summed E-state index contributed by atoms with van der Waals surface area (Å²) in [7, 11) is 3.31. The minimum Gasteiger partial charge on any atom is -0.493 e. The van der Waals surface area contributed by atoms with Crippen molar-refractivity contribution in [3.63, 3.8) is 0 Å². The van der Waals surface area contributed by atoms with Crippen LogP contribution in [0.2, 0.25) is 0 Å². The Labute approximate surface area is 119 Å². The Bertz CT molecular complexity index is 396. The molecule has 19 heavy (non-hydrogen) atoms. The Morgan fingerprint density at radius 1 is 1.26 bits per heavy atom. The van der Waals surface area contributed by atoms with E-state index >= 15 is 0 Å². The predicted octanol–water partition coefficient (Wildman–Crippen LogP) is 2.56. The van der Waals surface area contributed by atoms with Gasteiger partial charge >= 0.3 is 0 Å². The number of hydrogen-bond donors (Lipinski definition) is 1. The average molecular weight is 286 g/mol. The third kappa shape index (κ3) is 5.96. The summed E-state index contributed by atoms with van der Waals surface area (Å²) < 4.78 is 15.8. The molecule has 0 aliphatic rings. The summed E-state index contributed by atoms with van der Waals surface area (Å²) in [5.74, 6) is 1.42. The molecule has 5 heteroatoms. The van der Waals surface area contributed by atoms with Crippen LogP contribution in [-0.2, 0) is 11.3 Å². The van der Waals surface area contributed by atoms with E-state index in [0.717, 1.165) is 18.7 Å². The van der Waals surface area contributed by atoms with Gasteiger partial charge in [-0.2, -0.15) is 0 Å². The molecule has 0 saturated carbocycles. The maximum Gasteiger partial charge on any atom is 0.161 e. The highest BCUT2D eigenvalue weighted by Gasteiger charge is 2.05. The van der Waals surface area contributed by atoms with Gasteiger partial charge in [0.15, 0.2) is 11.5 Å². The minimum absolute atomic E-state index is 0.417. The van der Waals surface area contributed by atoms with Crippen LogP contribution in [-0.4, -0.2) is 34.0 Å². The van der Waals surface area contributed by atoms with Gasteiger partial charge in [-0.1, -0.05) is 17.7 Å². The zero-order valence-electron chi connectivity index (χ0n) is 11.3. The summed E-state index contributed by atoms with van der Waals surface area (Å²) in [6.45, 7) is 2.68. The van der Waals surface area contributed by atoms with Crippen LogP contribution in [0.1, 0.15) is 5.56 Å². The Morgan fingerprint density at radius 3 is 2.79 bits per heavy atom. The van der Waals surface area contributed by atoms with Crippen molar-refractivity contribution >= 4 is 11.6 Å². The van der Waals surface area contributed by atoms with Gasteiger partial charge in [0.1, 0.15) is 6.61 Å². The van der Waals surface area contributed by atoms with Crippen LogP contribution >= 0.6 is 11.6 Å². The molecule has 0 unspecified atom stereocenters. The number of benzene rings is 1. The van der Waals surface area contributed by atoms with Gasteiger partial charge in [0.05, 0.1) is 13.7 Å². The predicted molar refractivity (Wildman–Crippen MR) is 77.1 cm³/mol. The summed E-state index contributed by atoms with van der Waals surface area (Å²) in [6, 6.07) is 5.86. The van der Waals surface area contributed by atoms with E-state index in [1.165, 1.54) is 5.54 Å². The number of halogens is 1. The second kappa shape index (κ2) is 9.67. The molecule has 0 bridgehead atoms. The fourth-order valence-corrected chi connectivity index (χ4v) is 1.60. The minimum atomic E-state index is 0.417. The molecule has 0 radical (unpaired) electrons. The van der Waals surface area contributed by atoms with Crippen LogP contribution in [0.5, 0.6) is 11.5 Å². The number of nitrogens with one attached hydrogen (secondary N) is 1. The lowest BCUT2D eigenvalue weighted by atomic mass is 10.2. The van der Waals surface area contributed by atoms with E-state index in [9.17, 15) is 0 Å². The molecular weight excluding hydrogens is 266 g/mol. The first-order valence-electron chi connectivity index (χ1n) is 6.06. The van der Waals surface area contributed by atoms with Crippen molar-refractivity contribution in [3.8, 4) is 11.5 Å². The van der Waals surface area contributed by atoms with Gasteiger partial charge in [-0.3, -0.25) is 0 Å². The summed E-state index contributed by atoms with van der Waals surface area (Å²) in [5.41, 5.74) is 2.56. The maximum absolute atomic E-state index is 5.59. The number of methoxy groups -OCH3 is 2. The summed E-state index contributed by atoms with van der Waals surface area (Å²) in [4.78, 5) is 0. The van der Waals surface area contributed by atoms with Gasteiger partial charge in [-0.25, -0.2) is 0 Å². The Kier molecular flexibility index (Phi) is 8.05. The van der Waals surface area contributed by atoms with Gasteiger partial charge in [-0.15, -0.1) is 0 Å². The highest BCUT2D eigenvalue weighted by Crippen LogP contribution is 2.28. The molecule has 0 aliphatic heterocycles. The van der Waals surface area contributed by atoms with E-state index in [0.29, 0.717) is 24.7 Å². The SMILES string of the molecule is COCCNCc1ccc(OC)c(OCC=CCl)c1. The van der Waals surface area contributed by atoms with Crippen LogP contribution in [0, 0.1) is 0 Å². The number of ether oxygens (including phenoxy) is 3. The fraction of sp³-hybridized carbons (Fsp3) is 0.429. The van der Waals surface area contributed by atoms with E-state index in [-0.39, 0.29) is 0 Å². The molecule has 0 saturated heterocycles. The molecule has 1 rings (SSSR count). The van der Waals surface area contributed by atoms with Crippen molar-refractivity contribution in [2.75, 3.05) is 34.0 Å². The molecule has 0 atom stereocenters. The van der Waals surface area contributed by atoms with Gasteiger partial charge < -0.3 is 19.5 Å². The first-order valence-corrected chi connectivity index (χ1v) is 6.50. The first kappa shape index (κ1) is 15.8. The normalized spacial score (nSPS) is 10.9. The van der Waals surface area contributed by atoms with E-state index in [1.54, 1.807) is 20.3 Å². The van der Waals surface area contributed by atoms with Gasteiger partial charge in [0.2, 0.25) is 0 Å². The molecule has 0 amide bonds. The van der Waals surface area contributed by atoms with Crippen molar-refractivity contribution in [2.24, 2.45) is 0 Å². The summed E-state index contributed by atoms with van der Waals surface area (Å²) >= 11 is 5.46. The maximum atomic E-state index is 5.59. The lowest BCUT2D eigenvalue weighted by Crippen LogP contribution is -2.18. The Balaban J connectivity index is 2.60. The first-order chi connectivity index (χ1) is 9.31. The van der Waals surface area contributed by atoms with E-state index in [4.69, 9.17) is 25.8 Å². The number of rotatable bonds is 9. The van der Waals surface area contributed by atoms with Crippen molar-refractivity contribution in [1.29, 1.82) is 0 Å². The summed E-state index contributed by atoms with van der Waals surface area (Å²) in [5, 5.41) is 3.28. The summed E-state index contributed by atoms with van der Waals surface area (Å²) in [6.07, 6.45) is 1.73. The van der Waals surface area contributed by atoms with Crippen molar-refractivity contribution in [3.05, 3.63) is 35.4 Å². The molecule has 0 spiro atoms. The molecule has 1 N–H and O–H groups in total. The number of hydrogen-bond acceptors (Lipinski definition) is 4. The standard InChI is InChI=1S/C14H20ClNO3/c1-17-9-7-16-11-12-4-5-13(18-2)14(10-12)19-8-3-6-15/h3-6,10,16H,7-9,11H2,1-2H3. The van der Waals surface area contributed by atoms with Crippen molar-refractivity contribution in [1.82, 2.24) is 5.32 Å².